The maximum atomic E-state index is 11.3. The summed E-state index contributed by atoms with van der Waals surface area (Å²) in [5.74, 6) is 0.824. The number of nitrogens with two attached hydrogens (primary N) is 1. The van der Waals surface area contributed by atoms with Crippen molar-refractivity contribution in [2.75, 3.05) is 30.8 Å². The number of carbonyl (C=O) groups excluding carboxylic acids is 1. The van der Waals surface area contributed by atoms with E-state index in [2.05, 4.69) is 5.32 Å². The van der Waals surface area contributed by atoms with Crippen LogP contribution in [0.4, 0.5) is 11.4 Å². The third kappa shape index (κ3) is 4.56. The van der Waals surface area contributed by atoms with Gasteiger partial charge in [-0.15, -0.1) is 0 Å². The number of carbonyl (C=O) groups is 1. The second kappa shape index (κ2) is 6.57. The quantitative estimate of drug-likeness (QED) is 0.429. The highest BCUT2D eigenvalue weighted by Gasteiger charge is 2.20. The van der Waals surface area contributed by atoms with Gasteiger partial charge in [-0.25, -0.2) is 0 Å². The molecule has 19 heavy (non-hydrogen) atoms. The van der Waals surface area contributed by atoms with Crippen molar-refractivity contribution in [2.45, 2.75) is 26.2 Å². The predicted octanol–water partition coefficient (Wildman–Crippen LogP) is 2.70. The van der Waals surface area contributed by atoms with Gasteiger partial charge >= 0.3 is 0 Å². The van der Waals surface area contributed by atoms with Crippen LogP contribution in [0, 0.1) is 5.92 Å². The molecular formula is C15H22N2O2. The highest BCUT2D eigenvalue weighted by Crippen LogP contribution is 2.28. The van der Waals surface area contributed by atoms with Gasteiger partial charge in [-0.2, -0.15) is 0 Å². The summed E-state index contributed by atoms with van der Waals surface area (Å²) in [4.78, 5) is 11.3. The average molecular weight is 262 g/mol. The summed E-state index contributed by atoms with van der Waals surface area (Å²) in [6.45, 7) is 4.09. The molecule has 0 aliphatic heterocycles. The number of hydrogen-bond donors (Lipinski definition) is 2. The SMILES string of the molecule is CC(=O)c1ccc(NCCCOCC2CC2)cc1N. The lowest BCUT2D eigenvalue weighted by Gasteiger charge is -2.09. The summed E-state index contributed by atoms with van der Waals surface area (Å²) in [5, 5.41) is 3.28. The lowest BCUT2D eigenvalue weighted by atomic mass is 10.1. The Morgan fingerprint density at radius 3 is 2.89 bits per heavy atom. The lowest BCUT2D eigenvalue weighted by molar-refractivity contribution is 0.101. The topological polar surface area (TPSA) is 64.3 Å². The van der Waals surface area contributed by atoms with Gasteiger partial charge in [-0.05, 0) is 50.3 Å². The number of rotatable bonds is 8. The molecule has 1 aromatic carbocycles. The minimum absolute atomic E-state index is 0.00229. The van der Waals surface area contributed by atoms with Crippen molar-refractivity contribution in [1.29, 1.82) is 0 Å². The molecule has 1 aromatic rings. The molecule has 0 bridgehead atoms. The Labute approximate surface area is 114 Å². The number of Topliss-reactive ketones (excluding diaryl/α,β-unsaturated/α-hetero) is 1. The molecule has 0 amide bonds. The number of hydrogen-bond acceptors (Lipinski definition) is 4. The summed E-state index contributed by atoms with van der Waals surface area (Å²) in [5.41, 5.74) is 7.89. The molecule has 1 aliphatic rings. The number of benzene rings is 1. The molecule has 104 valence electrons. The molecule has 0 aromatic heterocycles. The van der Waals surface area contributed by atoms with Crippen LogP contribution in [-0.2, 0) is 4.74 Å². The fraction of sp³-hybridized carbons (Fsp3) is 0.533. The average Bonchev–Trinajstić information content (AvgIpc) is 3.17. The van der Waals surface area contributed by atoms with E-state index in [0.29, 0.717) is 11.3 Å². The second-order valence-corrected chi connectivity index (χ2v) is 5.16. The molecule has 1 fully saturated rings. The second-order valence-electron chi connectivity index (χ2n) is 5.16. The summed E-state index contributed by atoms with van der Waals surface area (Å²) < 4.78 is 5.56. The zero-order chi connectivity index (χ0) is 13.7. The van der Waals surface area contributed by atoms with Crippen LogP contribution in [0.1, 0.15) is 36.5 Å². The fourth-order valence-corrected chi connectivity index (χ4v) is 1.93. The van der Waals surface area contributed by atoms with E-state index in [4.69, 9.17) is 10.5 Å². The predicted molar refractivity (Wildman–Crippen MR) is 77.5 cm³/mol. The van der Waals surface area contributed by atoms with Crippen molar-refractivity contribution in [3.8, 4) is 0 Å². The Bertz CT molecular complexity index is 442. The van der Waals surface area contributed by atoms with Gasteiger partial charge < -0.3 is 15.8 Å². The first-order chi connectivity index (χ1) is 9.16. The summed E-state index contributed by atoms with van der Waals surface area (Å²) in [6, 6.07) is 5.46. The lowest BCUT2D eigenvalue weighted by Crippen LogP contribution is -2.08. The first kappa shape index (κ1) is 13.9. The molecule has 4 heteroatoms. The molecule has 2 rings (SSSR count). The van der Waals surface area contributed by atoms with Gasteiger partial charge in [0.2, 0.25) is 0 Å². The van der Waals surface area contributed by atoms with Crippen molar-refractivity contribution >= 4 is 17.2 Å². The minimum Gasteiger partial charge on any atom is -0.398 e. The summed E-state index contributed by atoms with van der Waals surface area (Å²) >= 11 is 0. The molecule has 0 saturated heterocycles. The van der Waals surface area contributed by atoms with Gasteiger partial charge in [0, 0.05) is 36.7 Å². The van der Waals surface area contributed by atoms with Crippen molar-refractivity contribution in [3.63, 3.8) is 0 Å². The molecule has 0 spiro atoms. The Kier molecular flexibility index (Phi) is 4.80. The smallest absolute Gasteiger partial charge is 0.161 e. The number of nitrogen functional groups attached to an aromatic ring is 1. The Balaban J connectivity index is 1.67. The van der Waals surface area contributed by atoms with Crippen molar-refractivity contribution in [2.24, 2.45) is 5.92 Å². The van der Waals surface area contributed by atoms with E-state index in [0.717, 1.165) is 37.8 Å². The molecule has 0 radical (unpaired) electrons. The Morgan fingerprint density at radius 1 is 1.47 bits per heavy atom. The largest absolute Gasteiger partial charge is 0.398 e. The van der Waals surface area contributed by atoms with Gasteiger partial charge in [0.1, 0.15) is 0 Å². The first-order valence-electron chi connectivity index (χ1n) is 6.89. The maximum Gasteiger partial charge on any atom is 0.161 e. The number of nitrogens with one attached hydrogen (secondary N) is 1. The van der Waals surface area contributed by atoms with Crippen LogP contribution >= 0.6 is 0 Å². The summed E-state index contributed by atoms with van der Waals surface area (Å²) in [6.07, 6.45) is 3.64. The van der Waals surface area contributed by atoms with Gasteiger partial charge in [-0.3, -0.25) is 4.79 Å². The molecule has 0 heterocycles. The molecular weight excluding hydrogens is 240 g/mol. The maximum absolute atomic E-state index is 11.3. The van der Waals surface area contributed by atoms with Gasteiger partial charge in [0.25, 0.3) is 0 Å². The highest BCUT2D eigenvalue weighted by molar-refractivity contribution is 5.99. The van der Waals surface area contributed by atoms with E-state index in [-0.39, 0.29) is 5.78 Å². The van der Waals surface area contributed by atoms with E-state index in [1.165, 1.54) is 19.8 Å². The van der Waals surface area contributed by atoms with Gasteiger partial charge in [-0.1, -0.05) is 0 Å². The molecule has 0 atom stereocenters. The molecule has 4 nitrogen and oxygen atoms in total. The van der Waals surface area contributed by atoms with Crippen LogP contribution in [0.3, 0.4) is 0 Å². The van der Waals surface area contributed by atoms with E-state index < -0.39 is 0 Å². The third-order valence-corrected chi connectivity index (χ3v) is 3.28. The molecule has 1 aliphatic carbocycles. The van der Waals surface area contributed by atoms with E-state index in [1.54, 1.807) is 6.07 Å². The van der Waals surface area contributed by atoms with Crippen LogP contribution in [0.2, 0.25) is 0 Å². The van der Waals surface area contributed by atoms with Crippen LogP contribution in [0.5, 0.6) is 0 Å². The monoisotopic (exact) mass is 262 g/mol. The fourth-order valence-electron chi connectivity index (χ4n) is 1.93. The van der Waals surface area contributed by atoms with Gasteiger partial charge in [0.15, 0.2) is 5.78 Å². The van der Waals surface area contributed by atoms with E-state index in [1.807, 2.05) is 12.1 Å². The zero-order valence-electron chi connectivity index (χ0n) is 11.4. The highest BCUT2D eigenvalue weighted by atomic mass is 16.5. The Hall–Kier alpha value is -1.55. The van der Waals surface area contributed by atoms with Crippen LogP contribution < -0.4 is 11.1 Å². The number of anilines is 2. The molecule has 1 saturated carbocycles. The first-order valence-corrected chi connectivity index (χ1v) is 6.89. The van der Waals surface area contributed by atoms with Crippen LogP contribution in [-0.4, -0.2) is 25.5 Å². The van der Waals surface area contributed by atoms with Crippen molar-refractivity contribution < 1.29 is 9.53 Å². The zero-order valence-corrected chi connectivity index (χ0v) is 11.4. The standard InChI is InChI=1S/C15H22N2O2/c1-11(18)14-6-5-13(9-15(14)16)17-7-2-8-19-10-12-3-4-12/h5-6,9,12,17H,2-4,7-8,10,16H2,1H3. The molecule has 3 N–H and O–H groups in total. The van der Waals surface area contributed by atoms with Crippen molar-refractivity contribution in [1.82, 2.24) is 0 Å². The van der Waals surface area contributed by atoms with Gasteiger partial charge in [0.05, 0.1) is 0 Å². The Morgan fingerprint density at radius 2 is 2.26 bits per heavy atom. The van der Waals surface area contributed by atoms with Crippen LogP contribution in [0.25, 0.3) is 0 Å². The minimum atomic E-state index is -0.00229. The summed E-state index contributed by atoms with van der Waals surface area (Å²) in [7, 11) is 0. The molecule has 0 unspecified atom stereocenters. The van der Waals surface area contributed by atoms with E-state index >= 15 is 0 Å². The number of ketones is 1. The third-order valence-electron chi connectivity index (χ3n) is 3.28. The van der Waals surface area contributed by atoms with Crippen LogP contribution in [0.15, 0.2) is 18.2 Å². The van der Waals surface area contributed by atoms with E-state index in [9.17, 15) is 4.79 Å². The van der Waals surface area contributed by atoms with Crippen molar-refractivity contribution in [3.05, 3.63) is 23.8 Å². The number of ether oxygens (including phenoxy) is 1. The normalized spacial score (nSPS) is 14.4.